The van der Waals surface area contributed by atoms with Gasteiger partial charge in [0.25, 0.3) is 5.91 Å². The van der Waals surface area contributed by atoms with Crippen LogP contribution in [-0.2, 0) is 20.7 Å². The molecule has 2 aliphatic heterocycles. The predicted octanol–water partition coefficient (Wildman–Crippen LogP) is 2.56. The average molecular weight is 493 g/mol. The van der Waals surface area contributed by atoms with Gasteiger partial charge >= 0.3 is 0 Å². The highest BCUT2D eigenvalue weighted by Crippen LogP contribution is 2.34. The fraction of sp³-hybridized carbons (Fsp3) is 0.481. The largest absolute Gasteiger partial charge is 0.490 e. The van der Waals surface area contributed by atoms with Crippen LogP contribution in [0.5, 0.6) is 5.75 Å². The summed E-state index contributed by atoms with van der Waals surface area (Å²) < 4.78 is 12.3. The van der Waals surface area contributed by atoms with Crippen LogP contribution in [0.2, 0.25) is 0 Å². The molecule has 1 aromatic carbocycles. The minimum atomic E-state index is -0.329. The first-order chi connectivity index (χ1) is 17.5. The second-order valence-electron chi connectivity index (χ2n) is 9.80. The second-order valence-corrected chi connectivity index (χ2v) is 9.80. The highest BCUT2D eigenvalue weighted by atomic mass is 16.5. The number of fused-ring (bicyclic) bond motifs is 2. The number of hydrogen-bond acceptors (Lipinski definition) is 6. The number of rotatable bonds is 7. The fourth-order valence-electron chi connectivity index (χ4n) is 4.87. The molecule has 0 spiro atoms. The van der Waals surface area contributed by atoms with Crippen LogP contribution in [0.1, 0.15) is 48.0 Å². The van der Waals surface area contributed by atoms with Gasteiger partial charge < -0.3 is 25.0 Å². The number of nitrogens with zero attached hydrogens (tertiary/aromatic N) is 2. The van der Waals surface area contributed by atoms with Gasteiger partial charge in [-0.15, -0.1) is 0 Å². The van der Waals surface area contributed by atoms with Gasteiger partial charge in [-0.2, -0.15) is 0 Å². The van der Waals surface area contributed by atoms with E-state index in [1.165, 1.54) is 0 Å². The van der Waals surface area contributed by atoms with Gasteiger partial charge in [0.05, 0.1) is 24.1 Å². The van der Waals surface area contributed by atoms with Gasteiger partial charge in [-0.1, -0.05) is 0 Å². The van der Waals surface area contributed by atoms with Crippen molar-refractivity contribution in [2.45, 2.75) is 56.8 Å². The molecule has 3 aliphatic rings. The number of benzene rings is 1. The first-order valence-corrected chi connectivity index (χ1v) is 12.6. The Bertz CT molecular complexity index is 1120. The van der Waals surface area contributed by atoms with Crippen LogP contribution in [0.15, 0.2) is 42.7 Å². The van der Waals surface area contributed by atoms with Crippen molar-refractivity contribution in [2.75, 3.05) is 25.5 Å². The van der Waals surface area contributed by atoms with E-state index in [1.807, 2.05) is 12.1 Å². The standard InChI is InChI=1S/C27H32N4O5/c1-31-22-6-5-20(15-25(32)29-13-10-17-8-11-28-12-9-17)36-24(22)16-35-23-7-4-19(14-21(23)27(31)34)30-26(33)18-2-3-18/h4,7-9,11-12,14,18,20,22,24H,2-3,5-6,10,13,15-16H2,1H3,(H,29,32)(H,30,33)/t20-,22+,24+/m1/s1. The monoisotopic (exact) mass is 492 g/mol. The summed E-state index contributed by atoms with van der Waals surface area (Å²) >= 11 is 0. The summed E-state index contributed by atoms with van der Waals surface area (Å²) in [6, 6.07) is 8.89. The number of ether oxygens (including phenoxy) is 2. The molecule has 36 heavy (non-hydrogen) atoms. The third kappa shape index (κ3) is 5.67. The SMILES string of the molecule is CN1C(=O)c2cc(NC(=O)C3CC3)ccc2OC[C@@H]2O[C@@H](CC(=O)NCCc3ccncc3)CC[C@@H]21. The quantitative estimate of drug-likeness (QED) is 0.615. The Labute approximate surface area is 210 Å². The van der Waals surface area contributed by atoms with Crippen molar-refractivity contribution in [2.24, 2.45) is 5.92 Å². The molecular weight excluding hydrogens is 460 g/mol. The summed E-state index contributed by atoms with van der Waals surface area (Å²) in [5.74, 6) is 0.330. The number of anilines is 1. The van der Waals surface area contributed by atoms with Crippen molar-refractivity contribution in [3.8, 4) is 5.75 Å². The van der Waals surface area contributed by atoms with E-state index in [0.717, 1.165) is 31.2 Å². The lowest BCUT2D eigenvalue weighted by Crippen LogP contribution is -2.54. The molecule has 190 valence electrons. The van der Waals surface area contributed by atoms with Crippen LogP contribution < -0.4 is 15.4 Å². The molecule has 3 atom stereocenters. The molecule has 2 N–H and O–H groups in total. The number of amides is 3. The molecule has 3 amide bonds. The first kappa shape index (κ1) is 24.2. The Balaban J connectivity index is 1.17. The fourth-order valence-corrected chi connectivity index (χ4v) is 4.87. The van der Waals surface area contributed by atoms with Crippen molar-refractivity contribution >= 4 is 23.4 Å². The lowest BCUT2D eigenvalue weighted by atomic mass is 9.94. The number of hydrogen-bond donors (Lipinski definition) is 2. The topological polar surface area (TPSA) is 110 Å². The summed E-state index contributed by atoms with van der Waals surface area (Å²) in [5, 5.41) is 5.86. The van der Waals surface area contributed by atoms with Gasteiger partial charge in [0.2, 0.25) is 11.8 Å². The maximum Gasteiger partial charge on any atom is 0.257 e. The van der Waals surface area contributed by atoms with Gasteiger partial charge in [-0.05, 0) is 68.0 Å². The van der Waals surface area contributed by atoms with Crippen LogP contribution in [0, 0.1) is 5.92 Å². The Hall–Kier alpha value is -3.46. The van der Waals surface area contributed by atoms with Gasteiger partial charge in [-0.3, -0.25) is 19.4 Å². The maximum absolute atomic E-state index is 13.3. The molecule has 1 saturated heterocycles. The number of pyridine rings is 1. The minimum absolute atomic E-state index is 0.00398. The number of carbonyl (C=O) groups excluding carboxylic acids is 3. The van der Waals surface area contributed by atoms with E-state index in [4.69, 9.17) is 9.47 Å². The summed E-state index contributed by atoms with van der Waals surface area (Å²) in [7, 11) is 1.78. The van der Waals surface area contributed by atoms with Gasteiger partial charge in [0.15, 0.2) is 0 Å². The molecule has 0 radical (unpaired) electrons. The molecule has 5 rings (SSSR count). The van der Waals surface area contributed by atoms with Crippen LogP contribution in [0.4, 0.5) is 5.69 Å². The van der Waals surface area contributed by atoms with Crippen LogP contribution in [0.25, 0.3) is 0 Å². The van der Waals surface area contributed by atoms with Crippen molar-refractivity contribution in [3.05, 3.63) is 53.9 Å². The van der Waals surface area contributed by atoms with E-state index in [1.54, 1.807) is 42.5 Å². The number of carbonyl (C=O) groups is 3. The first-order valence-electron chi connectivity index (χ1n) is 12.6. The number of nitrogens with one attached hydrogen (secondary N) is 2. The molecule has 9 heteroatoms. The van der Waals surface area contributed by atoms with Crippen LogP contribution in [0.3, 0.4) is 0 Å². The molecule has 1 aliphatic carbocycles. The Morgan fingerprint density at radius 2 is 1.92 bits per heavy atom. The minimum Gasteiger partial charge on any atom is -0.490 e. The van der Waals surface area contributed by atoms with E-state index in [-0.39, 0.29) is 54.9 Å². The molecule has 0 bridgehead atoms. The Morgan fingerprint density at radius 3 is 2.69 bits per heavy atom. The average Bonchev–Trinajstić information content (AvgIpc) is 3.73. The molecule has 2 fully saturated rings. The van der Waals surface area contributed by atoms with Gasteiger partial charge in [0.1, 0.15) is 18.5 Å². The Kier molecular flexibility index (Phi) is 7.18. The van der Waals surface area contributed by atoms with E-state index in [2.05, 4.69) is 15.6 Å². The van der Waals surface area contributed by atoms with Crippen molar-refractivity contribution < 1.29 is 23.9 Å². The van der Waals surface area contributed by atoms with Crippen molar-refractivity contribution in [1.29, 1.82) is 0 Å². The maximum atomic E-state index is 13.3. The van der Waals surface area contributed by atoms with E-state index in [0.29, 0.717) is 30.0 Å². The normalized spacial score (nSPS) is 23.4. The molecular formula is C27H32N4O5. The van der Waals surface area contributed by atoms with E-state index < -0.39 is 0 Å². The van der Waals surface area contributed by atoms with Gasteiger partial charge in [0, 0.05) is 37.6 Å². The zero-order valence-corrected chi connectivity index (χ0v) is 20.4. The van der Waals surface area contributed by atoms with Crippen molar-refractivity contribution in [3.63, 3.8) is 0 Å². The third-order valence-corrected chi connectivity index (χ3v) is 7.13. The Morgan fingerprint density at radius 1 is 1.11 bits per heavy atom. The van der Waals surface area contributed by atoms with Crippen LogP contribution >= 0.6 is 0 Å². The highest BCUT2D eigenvalue weighted by Gasteiger charge is 2.39. The molecule has 9 nitrogen and oxygen atoms in total. The third-order valence-electron chi connectivity index (χ3n) is 7.13. The highest BCUT2D eigenvalue weighted by molar-refractivity contribution is 6.00. The van der Waals surface area contributed by atoms with E-state index in [9.17, 15) is 14.4 Å². The van der Waals surface area contributed by atoms with Gasteiger partial charge in [-0.25, -0.2) is 0 Å². The number of aromatic nitrogens is 1. The molecule has 2 aromatic rings. The summed E-state index contributed by atoms with van der Waals surface area (Å²) in [6.45, 7) is 0.838. The lowest BCUT2D eigenvalue weighted by molar-refractivity contribution is -0.134. The summed E-state index contributed by atoms with van der Waals surface area (Å²) in [5.41, 5.74) is 2.15. The predicted molar refractivity (Wildman–Crippen MR) is 133 cm³/mol. The zero-order valence-electron chi connectivity index (χ0n) is 20.4. The molecule has 1 aromatic heterocycles. The molecule has 1 saturated carbocycles. The molecule has 0 unspecified atom stereocenters. The lowest BCUT2D eigenvalue weighted by Gasteiger charge is -2.42. The van der Waals surface area contributed by atoms with E-state index >= 15 is 0 Å². The summed E-state index contributed by atoms with van der Waals surface area (Å²) in [6.07, 6.45) is 7.19. The molecule has 3 heterocycles. The van der Waals surface area contributed by atoms with Crippen LogP contribution in [-0.4, -0.2) is 66.1 Å². The zero-order chi connectivity index (χ0) is 25.1. The van der Waals surface area contributed by atoms with Crippen molar-refractivity contribution in [1.82, 2.24) is 15.2 Å². The summed E-state index contributed by atoms with van der Waals surface area (Å²) in [4.78, 5) is 43.7. The second kappa shape index (κ2) is 10.7. The smallest absolute Gasteiger partial charge is 0.257 e. The number of likely N-dealkylation sites (N-methyl/N-ethyl adjacent to an activating group) is 1.